The topological polar surface area (TPSA) is 29.1 Å². The molecule has 0 saturated carbocycles. The number of benzene rings is 1. The molecule has 1 N–H and O–H groups in total. The van der Waals surface area contributed by atoms with Gasteiger partial charge in [0.15, 0.2) is 5.78 Å². The van der Waals surface area contributed by atoms with Crippen LogP contribution in [0.5, 0.6) is 0 Å². The lowest BCUT2D eigenvalue weighted by molar-refractivity contribution is 0.0982. The smallest absolute Gasteiger partial charge is 0.176 e. The molecular weight excluding hydrogens is 186 g/mol. The van der Waals surface area contributed by atoms with Crippen LogP contribution >= 0.6 is 0 Å². The minimum absolute atomic E-state index is 0.0144. The molecule has 0 heterocycles. The first-order chi connectivity index (χ1) is 6.88. The minimum Gasteiger partial charge on any atom is -0.305 e. The highest BCUT2D eigenvalue weighted by atomic mass is 16.1. The van der Waals surface area contributed by atoms with Gasteiger partial charge in [-0.05, 0) is 33.8 Å². The molecule has 1 aromatic rings. The molecule has 0 aliphatic heterocycles. The van der Waals surface area contributed by atoms with Crippen LogP contribution in [0.3, 0.4) is 0 Å². The lowest BCUT2D eigenvalue weighted by Gasteiger charge is -2.19. The van der Waals surface area contributed by atoms with Crippen molar-refractivity contribution in [3.8, 4) is 0 Å². The van der Waals surface area contributed by atoms with Crippen LogP contribution in [0.25, 0.3) is 0 Å². The maximum absolute atomic E-state index is 11.8. The number of carbonyl (C=O) groups is 1. The van der Waals surface area contributed by atoms with Crippen molar-refractivity contribution in [3.63, 3.8) is 0 Å². The van der Waals surface area contributed by atoms with Crippen LogP contribution in [0, 0.1) is 6.92 Å². The lowest BCUT2D eigenvalue weighted by Crippen LogP contribution is -2.39. The van der Waals surface area contributed by atoms with Crippen LogP contribution in [0.15, 0.2) is 24.3 Å². The summed E-state index contributed by atoms with van der Waals surface area (Å²) in [5, 5.41) is 3.19. The summed E-state index contributed by atoms with van der Waals surface area (Å²) in [6, 6.07) is 7.69. The van der Waals surface area contributed by atoms with E-state index in [-0.39, 0.29) is 11.3 Å². The molecule has 0 spiro atoms. The Hall–Kier alpha value is -1.15. The van der Waals surface area contributed by atoms with Crippen molar-refractivity contribution in [1.82, 2.24) is 5.32 Å². The van der Waals surface area contributed by atoms with Crippen molar-refractivity contribution < 1.29 is 4.79 Å². The largest absolute Gasteiger partial charge is 0.305 e. The van der Waals surface area contributed by atoms with Crippen molar-refractivity contribution in [2.45, 2.75) is 33.2 Å². The van der Waals surface area contributed by atoms with E-state index in [9.17, 15) is 4.79 Å². The maximum Gasteiger partial charge on any atom is 0.176 e. The summed E-state index contributed by atoms with van der Waals surface area (Å²) >= 11 is 0. The Morgan fingerprint density at radius 2 is 2.00 bits per heavy atom. The van der Waals surface area contributed by atoms with Crippen molar-refractivity contribution >= 4 is 5.78 Å². The highest BCUT2D eigenvalue weighted by Crippen LogP contribution is 2.05. The Labute approximate surface area is 91.7 Å². The number of nitrogens with one attached hydrogen (secondary N) is 1. The van der Waals surface area contributed by atoms with E-state index in [1.54, 1.807) is 0 Å². The van der Waals surface area contributed by atoms with Gasteiger partial charge in [0, 0.05) is 11.1 Å². The molecule has 2 heteroatoms. The van der Waals surface area contributed by atoms with Gasteiger partial charge in [0.05, 0.1) is 6.54 Å². The number of ketones is 1. The predicted octanol–water partition coefficient (Wildman–Crippen LogP) is 2.57. The van der Waals surface area contributed by atoms with Crippen LogP contribution in [0.4, 0.5) is 0 Å². The van der Waals surface area contributed by atoms with Gasteiger partial charge in [-0.1, -0.05) is 23.8 Å². The molecule has 0 unspecified atom stereocenters. The van der Waals surface area contributed by atoms with Crippen LogP contribution in [0.2, 0.25) is 0 Å². The summed E-state index contributed by atoms with van der Waals surface area (Å²) in [7, 11) is 0. The Morgan fingerprint density at radius 1 is 1.33 bits per heavy atom. The van der Waals surface area contributed by atoms with Gasteiger partial charge in [-0.3, -0.25) is 4.79 Å². The minimum atomic E-state index is -0.0144. The molecule has 1 rings (SSSR count). The normalized spacial score (nSPS) is 11.5. The van der Waals surface area contributed by atoms with E-state index in [1.165, 1.54) is 0 Å². The average molecular weight is 205 g/mol. The summed E-state index contributed by atoms with van der Waals surface area (Å²) in [4.78, 5) is 11.8. The summed E-state index contributed by atoms with van der Waals surface area (Å²) in [6.45, 7) is 8.55. The van der Waals surface area contributed by atoms with Crippen molar-refractivity contribution in [3.05, 3.63) is 35.4 Å². The van der Waals surface area contributed by atoms with Crippen LogP contribution < -0.4 is 5.32 Å². The number of hydrogen-bond donors (Lipinski definition) is 1. The van der Waals surface area contributed by atoms with Gasteiger partial charge in [-0.25, -0.2) is 0 Å². The molecule has 0 aliphatic rings. The van der Waals surface area contributed by atoms with Crippen LogP contribution in [0.1, 0.15) is 36.7 Å². The SMILES string of the molecule is Cc1cccc(C(=O)CNC(C)(C)C)c1. The van der Waals surface area contributed by atoms with Crippen molar-refractivity contribution in [2.75, 3.05) is 6.54 Å². The number of aryl methyl sites for hydroxylation is 1. The van der Waals surface area contributed by atoms with E-state index in [2.05, 4.69) is 26.1 Å². The second-order valence-electron chi connectivity index (χ2n) is 4.90. The molecule has 0 radical (unpaired) electrons. The molecule has 0 atom stereocenters. The number of rotatable bonds is 3. The third-order valence-electron chi connectivity index (χ3n) is 2.12. The Morgan fingerprint density at radius 3 is 2.53 bits per heavy atom. The number of hydrogen-bond acceptors (Lipinski definition) is 2. The predicted molar refractivity (Wildman–Crippen MR) is 63.3 cm³/mol. The molecule has 2 nitrogen and oxygen atoms in total. The highest BCUT2D eigenvalue weighted by Gasteiger charge is 2.12. The van der Waals surface area contributed by atoms with E-state index in [0.717, 1.165) is 11.1 Å². The fraction of sp³-hybridized carbons (Fsp3) is 0.462. The molecule has 1 aromatic carbocycles. The monoisotopic (exact) mass is 205 g/mol. The summed E-state index contributed by atoms with van der Waals surface area (Å²) in [6.07, 6.45) is 0. The molecule has 0 aromatic heterocycles. The van der Waals surface area contributed by atoms with Gasteiger partial charge in [0.2, 0.25) is 0 Å². The molecule has 15 heavy (non-hydrogen) atoms. The molecule has 0 amide bonds. The number of carbonyl (C=O) groups excluding carboxylic acids is 1. The average Bonchev–Trinajstić information content (AvgIpc) is 2.13. The molecular formula is C13H19NO. The van der Waals surface area contributed by atoms with Gasteiger partial charge >= 0.3 is 0 Å². The second-order valence-corrected chi connectivity index (χ2v) is 4.90. The van der Waals surface area contributed by atoms with E-state index < -0.39 is 0 Å². The molecule has 0 fully saturated rings. The molecule has 0 saturated heterocycles. The first kappa shape index (κ1) is 11.9. The summed E-state index contributed by atoms with van der Waals surface area (Å²) in [5.41, 5.74) is 1.89. The standard InChI is InChI=1S/C13H19NO/c1-10-6-5-7-11(8-10)12(15)9-14-13(2,3)4/h5-8,14H,9H2,1-4H3. The fourth-order valence-corrected chi connectivity index (χ4v) is 1.27. The Bertz CT molecular complexity index is 350. The highest BCUT2D eigenvalue weighted by molar-refractivity contribution is 5.97. The maximum atomic E-state index is 11.8. The zero-order chi connectivity index (χ0) is 11.5. The third kappa shape index (κ3) is 4.26. The summed E-state index contributed by atoms with van der Waals surface area (Å²) in [5.74, 6) is 0.147. The zero-order valence-corrected chi connectivity index (χ0v) is 9.92. The second kappa shape index (κ2) is 4.58. The fourth-order valence-electron chi connectivity index (χ4n) is 1.27. The first-order valence-electron chi connectivity index (χ1n) is 5.23. The van der Waals surface area contributed by atoms with Crippen LogP contribution in [-0.2, 0) is 0 Å². The van der Waals surface area contributed by atoms with Gasteiger partial charge in [0.1, 0.15) is 0 Å². The van der Waals surface area contributed by atoms with E-state index in [0.29, 0.717) is 6.54 Å². The molecule has 0 aliphatic carbocycles. The summed E-state index contributed by atoms with van der Waals surface area (Å²) < 4.78 is 0. The Balaban J connectivity index is 2.62. The van der Waals surface area contributed by atoms with Gasteiger partial charge in [-0.2, -0.15) is 0 Å². The van der Waals surface area contributed by atoms with E-state index >= 15 is 0 Å². The van der Waals surface area contributed by atoms with E-state index in [1.807, 2.05) is 31.2 Å². The lowest BCUT2D eigenvalue weighted by atomic mass is 10.1. The van der Waals surface area contributed by atoms with Gasteiger partial charge in [0.25, 0.3) is 0 Å². The van der Waals surface area contributed by atoms with E-state index in [4.69, 9.17) is 0 Å². The quantitative estimate of drug-likeness (QED) is 0.768. The molecule has 82 valence electrons. The van der Waals surface area contributed by atoms with Crippen molar-refractivity contribution in [2.24, 2.45) is 0 Å². The third-order valence-corrected chi connectivity index (χ3v) is 2.12. The first-order valence-corrected chi connectivity index (χ1v) is 5.23. The van der Waals surface area contributed by atoms with Crippen LogP contribution in [-0.4, -0.2) is 17.9 Å². The van der Waals surface area contributed by atoms with Gasteiger partial charge in [-0.15, -0.1) is 0 Å². The van der Waals surface area contributed by atoms with Gasteiger partial charge < -0.3 is 5.32 Å². The molecule has 0 bridgehead atoms. The zero-order valence-electron chi connectivity index (χ0n) is 9.92. The Kier molecular flexibility index (Phi) is 3.64. The number of Topliss-reactive ketones (excluding diaryl/α,β-unsaturated/α-hetero) is 1. The van der Waals surface area contributed by atoms with Crippen molar-refractivity contribution in [1.29, 1.82) is 0 Å².